The van der Waals surface area contributed by atoms with Crippen molar-refractivity contribution in [3.8, 4) is 5.75 Å². The van der Waals surface area contributed by atoms with Gasteiger partial charge in [0.2, 0.25) is 8.32 Å². The second-order valence-electron chi connectivity index (χ2n) is 13.7. The van der Waals surface area contributed by atoms with Gasteiger partial charge in [-0.3, -0.25) is 0 Å². The zero-order chi connectivity index (χ0) is 25.6. The predicted molar refractivity (Wildman–Crippen MR) is 154 cm³/mol. The fraction of sp³-hybridized carbons (Fsp3) is 0.576. The summed E-state index contributed by atoms with van der Waals surface area (Å²) in [6.45, 7) is 11.9. The minimum Gasteiger partial charge on any atom is -0.543 e. The van der Waals surface area contributed by atoms with Gasteiger partial charge in [-0.25, -0.2) is 0 Å². The van der Waals surface area contributed by atoms with Crippen LogP contribution in [0.3, 0.4) is 0 Å². The fourth-order valence-corrected chi connectivity index (χ4v) is 8.48. The second-order valence-corrected chi connectivity index (χ2v) is 18.4. The first kappa shape index (κ1) is 25.8. The van der Waals surface area contributed by atoms with Crippen LogP contribution in [-0.2, 0) is 11.8 Å². The topological polar surface area (TPSA) is 29.5 Å². The summed E-state index contributed by atoms with van der Waals surface area (Å²) in [6, 6.07) is 17.4. The molecule has 0 saturated heterocycles. The van der Waals surface area contributed by atoms with Crippen molar-refractivity contribution in [1.82, 2.24) is 0 Å². The van der Waals surface area contributed by atoms with Gasteiger partial charge in [-0.2, -0.15) is 0 Å². The zero-order valence-corrected chi connectivity index (χ0v) is 24.1. The van der Waals surface area contributed by atoms with Crippen LogP contribution in [-0.4, -0.2) is 20.0 Å². The average Bonchev–Trinajstić information content (AvgIpc) is 2.81. The van der Waals surface area contributed by atoms with Gasteiger partial charge < -0.3 is 9.53 Å². The molecule has 0 unspecified atom stereocenters. The largest absolute Gasteiger partial charge is 0.543 e. The van der Waals surface area contributed by atoms with Crippen LogP contribution in [0.5, 0.6) is 5.75 Å². The number of aliphatic hydroxyl groups excluding tert-OH is 1. The highest BCUT2D eigenvalue weighted by molar-refractivity contribution is 6.74. The van der Waals surface area contributed by atoms with E-state index in [9.17, 15) is 5.11 Å². The Morgan fingerprint density at radius 1 is 0.972 bits per heavy atom. The molecule has 36 heavy (non-hydrogen) atoms. The molecule has 2 aromatic carbocycles. The highest BCUT2D eigenvalue weighted by Crippen LogP contribution is 2.62. The smallest absolute Gasteiger partial charge is 0.250 e. The number of aryl methyl sites for hydroxylation is 1. The molecular formula is C33H46O2Si. The lowest BCUT2D eigenvalue weighted by Gasteiger charge is -2.57. The van der Waals surface area contributed by atoms with Gasteiger partial charge in [0, 0.05) is 0 Å². The standard InChI is InChI=1S/C33H46O2Si/c1-32(2,3)36(4,5)35-31-15-14-24(10-9-13-29(23-34)28-11-7-6-8-12-28)19-30(31)33-20-25-16-26(21-33)18-27(17-25)22-33/h6-8,11-15,19,25-27,34H,9-10,16-18,20-23H2,1-5H3. The lowest BCUT2D eigenvalue weighted by molar-refractivity contribution is -0.00589. The maximum atomic E-state index is 9.95. The molecule has 4 fully saturated rings. The van der Waals surface area contributed by atoms with Gasteiger partial charge in [0.1, 0.15) is 5.75 Å². The van der Waals surface area contributed by atoms with Crippen molar-refractivity contribution in [2.75, 3.05) is 6.61 Å². The Bertz CT molecular complexity index is 1060. The van der Waals surface area contributed by atoms with Crippen molar-refractivity contribution >= 4 is 13.9 Å². The van der Waals surface area contributed by atoms with E-state index in [1.807, 2.05) is 18.2 Å². The molecule has 4 aliphatic carbocycles. The molecule has 0 amide bonds. The molecule has 0 radical (unpaired) electrons. The van der Waals surface area contributed by atoms with Crippen molar-refractivity contribution in [2.24, 2.45) is 17.8 Å². The zero-order valence-electron chi connectivity index (χ0n) is 23.1. The Labute approximate surface area is 220 Å². The minimum atomic E-state index is -1.93. The van der Waals surface area contributed by atoms with Crippen molar-refractivity contribution in [3.05, 3.63) is 71.3 Å². The van der Waals surface area contributed by atoms with E-state index in [1.165, 1.54) is 55.4 Å². The van der Waals surface area contributed by atoms with Crippen molar-refractivity contribution in [1.29, 1.82) is 0 Å². The van der Waals surface area contributed by atoms with Crippen molar-refractivity contribution < 1.29 is 9.53 Å². The summed E-state index contributed by atoms with van der Waals surface area (Å²) in [6.07, 6.45) is 12.6. The van der Waals surface area contributed by atoms with Crippen LogP contribution in [0.15, 0.2) is 54.6 Å². The van der Waals surface area contributed by atoms with Crippen LogP contribution in [0.25, 0.3) is 5.57 Å². The Morgan fingerprint density at radius 2 is 1.58 bits per heavy atom. The maximum absolute atomic E-state index is 9.95. The molecule has 2 nitrogen and oxygen atoms in total. The molecule has 3 heteroatoms. The van der Waals surface area contributed by atoms with Crippen LogP contribution < -0.4 is 4.43 Å². The van der Waals surface area contributed by atoms with Crippen LogP contribution in [0.2, 0.25) is 18.1 Å². The third-order valence-electron chi connectivity index (χ3n) is 9.96. The van der Waals surface area contributed by atoms with Gasteiger partial charge in [-0.05, 0) is 121 Å². The van der Waals surface area contributed by atoms with E-state index in [2.05, 4.69) is 70.3 Å². The van der Waals surface area contributed by atoms with E-state index in [1.54, 1.807) is 0 Å². The van der Waals surface area contributed by atoms with Crippen molar-refractivity contribution in [3.63, 3.8) is 0 Å². The van der Waals surface area contributed by atoms with Gasteiger partial charge in [-0.1, -0.05) is 69.3 Å². The summed E-state index contributed by atoms with van der Waals surface area (Å²) in [5.74, 6) is 3.94. The second kappa shape index (κ2) is 9.80. The maximum Gasteiger partial charge on any atom is 0.250 e. The Balaban J connectivity index is 1.44. The molecule has 0 heterocycles. The van der Waals surface area contributed by atoms with Gasteiger partial charge in [0.05, 0.1) is 6.61 Å². The van der Waals surface area contributed by atoms with Crippen LogP contribution in [0.1, 0.15) is 82.4 Å². The normalized spacial score (nSPS) is 27.9. The molecule has 0 aliphatic heterocycles. The number of rotatable bonds is 8. The fourth-order valence-electron chi connectivity index (χ4n) is 7.44. The van der Waals surface area contributed by atoms with Gasteiger partial charge in [0.15, 0.2) is 0 Å². The van der Waals surface area contributed by atoms with Gasteiger partial charge >= 0.3 is 0 Å². The number of aliphatic hydroxyl groups is 1. The molecule has 6 rings (SSSR count). The highest BCUT2D eigenvalue weighted by atomic mass is 28.4. The highest BCUT2D eigenvalue weighted by Gasteiger charge is 2.53. The average molecular weight is 503 g/mol. The lowest BCUT2D eigenvalue weighted by Crippen LogP contribution is -2.49. The van der Waals surface area contributed by atoms with Crippen LogP contribution in [0.4, 0.5) is 0 Å². The third-order valence-corrected chi connectivity index (χ3v) is 14.3. The van der Waals surface area contributed by atoms with E-state index < -0.39 is 8.32 Å². The van der Waals surface area contributed by atoms with Crippen LogP contribution >= 0.6 is 0 Å². The summed E-state index contributed by atoms with van der Waals surface area (Å²) in [4.78, 5) is 0. The molecule has 4 aliphatic rings. The Morgan fingerprint density at radius 3 is 2.14 bits per heavy atom. The molecule has 0 aromatic heterocycles. The van der Waals surface area contributed by atoms with Crippen LogP contribution in [0, 0.1) is 17.8 Å². The first-order chi connectivity index (χ1) is 17.1. The Hall–Kier alpha value is -1.84. The Kier molecular flexibility index (Phi) is 7.02. The molecule has 4 saturated carbocycles. The molecular weight excluding hydrogens is 456 g/mol. The monoisotopic (exact) mass is 502 g/mol. The quantitative estimate of drug-likeness (QED) is 0.366. The summed E-state index contributed by atoms with van der Waals surface area (Å²) >= 11 is 0. The first-order valence-electron chi connectivity index (χ1n) is 14.3. The lowest BCUT2D eigenvalue weighted by atomic mass is 9.48. The molecule has 0 atom stereocenters. The van der Waals surface area contributed by atoms with Gasteiger partial charge in [-0.15, -0.1) is 0 Å². The predicted octanol–water partition coefficient (Wildman–Crippen LogP) is 8.55. The number of benzene rings is 2. The van der Waals surface area contributed by atoms with Gasteiger partial charge in [0.25, 0.3) is 0 Å². The van der Waals surface area contributed by atoms with Crippen molar-refractivity contribution in [2.45, 2.75) is 95.7 Å². The molecule has 1 N–H and O–H groups in total. The first-order valence-corrected chi connectivity index (χ1v) is 17.2. The summed E-state index contributed by atoms with van der Waals surface area (Å²) < 4.78 is 7.05. The van der Waals surface area contributed by atoms with E-state index >= 15 is 0 Å². The molecule has 0 spiro atoms. The minimum absolute atomic E-state index is 0.0852. The number of hydrogen-bond donors (Lipinski definition) is 1. The SMILES string of the molecule is CC(C)(C)[Si](C)(C)Oc1ccc(CCC=C(CO)c2ccccc2)cc1C12CC3CC(CC(C3)C1)C2. The van der Waals surface area contributed by atoms with E-state index in [4.69, 9.17) is 4.43 Å². The molecule has 4 bridgehead atoms. The number of hydrogen-bond acceptors (Lipinski definition) is 2. The third kappa shape index (κ3) is 5.11. The summed E-state index contributed by atoms with van der Waals surface area (Å²) in [7, 11) is -1.93. The molecule has 2 aromatic rings. The summed E-state index contributed by atoms with van der Waals surface area (Å²) in [5.41, 5.74) is 5.39. The van der Waals surface area contributed by atoms with E-state index in [0.29, 0.717) is 5.41 Å². The summed E-state index contributed by atoms with van der Waals surface area (Å²) in [5, 5.41) is 10.1. The molecule has 194 valence electrons. The van der Waals surface area contributed by atoms with E-state index in [0.717, 1.165) is 41.7 Å². The number of allylic oxidation sites excluding steroid dienone is 1. The van der Waals surface area contributed by atoms with E-state index in [-0.39, 0.29) is 11.6 Å².